The number of hydrogen-bond donors (Lipinski definition) is 1. The molecular formula is C15H21N3O3. The second-order valence-electron chi connectivity index (χ2n) is 5.03. The van der Waals surface area contributed by atoms with E-state index in [0.29, 0.717) is 24.0 Å². The topological polar surface area (TPSA) is 77.2 Å². The van der Waals surface area contributed by atoms with Gasteiger partial charge >= 0.3 is 0 Å². The Balaban J connectivity index is 2.13. The summed E-state index contributed by atoms with van der Waals surface area (Å²) in [5.74, 6) is 1.59. The van der Waals surface area contributed by atoms with Crippen LogP contribution in [0.3, 0.4) is 0 Å². The molecule has 2 aromatic heterocycles. The van der Waals surface area contributed by atoms with Crippen molar-refractivity contribution in [3.05, 3.63) is 17.1 Å². The fourth-order valence-corrected chi connectivity index (χ4v) is 2.01. The number of nitrogens with zero attached hydrogens (tertiary/aromatic N) is 2. The molecule has 0 saturated carbocycles. The summed E-state index contributed by atoms with van der Waals surface area (Å²) < 4.78 is 11.1. The fourth-order valence-electron chi connectivity index (χ4n) is 2.01. The SMILES string of the molecule is CCCCNC(=O)COc1nc(C)nc2oc(C)c(C)c12. The van der Waals surface area contributed by atoms with Gasteiger partial charge in [-0.3, -0.25) is 4.79 Å². The summed E-state index contributed by atoms with van der Waals surface area (Å²) in [5, 5.41) is 3.54. The minimum atomic E-state index is -0.147. The van der Waals surface area contributed by atoms with Crippen LogP contribution in [-0.2, 0) is 4.79 Å². The molecule has 0 atom stereocenters. The van der Waals surface area contributed by atoms with Gasteiger partial charge < -0.3 is 14.5 Å². The van der Waals surface area contributed by atoms with Gasteiger partial charge in [0.05, 0.1) is 0 Å². The van der Waals surface area contributed by atoms with Crippen molar-refractivity contribution < 1.29 is 13.9 Å². The molecule has 21 heavy (non-hydrogen) atoms. The van der Waals surface area contributed by atoms with Gasteiger partial charge in [-0.05, 0) is 27.2 Å². The first kappa shape index (κ1) is 15.3. The van der Waals surface area contributed by atoms with Gasteiger partial charge in [0.25, 0.3) is 5.91 Å². The number of fused-ring (bicyclic) bond motifs is 1. The highest BCUT2D eigenvalue weighted by Crippen LogP contribution is 2.30. The number of rotatable bonds is 6. The maximum absolute atomic E-state index is 11.7. The normalized spacial score (nSPS) is 10.9. The summed E-state index contributed by atoms with van der Waals surface area (Å²) in [4.78, 5) is 20.2. The van der Waals surface area contributed by atoms with Gasteiger partial charge in [-0.1, -0.05) is 13.3 Å². The maximum atomic E-state index is 11.7. The number of aryl methyl sites for hydroxylation is 3. The third kappa shape index (κ3) is 3.51. The number of hydrogen-bond acceptors (Lipinski definition) is 5. The van der Waals surface area contributed by atoms with Gasteiger partial charge in [0.2, 0.25) is 11.6 Å². The molecule has 2 heterocycles. The van der Waals surface area contributed by atoms with Gasteiger partial charge in [-0.15, -0.1) is 0 Å². The molecule has 0 unspecified atom stereocenters. The number of amides is 1. The van der Waals surface area contributed by atoms with Gasteiger partial charge in [0.15, 0.2) is 6.61 Å². The van der Waals surface area contributed by atoms with E-state index in [2.05, 4.69) is 22.2 Å². The Bertz CT molecular complexity index is 649. The average Bonchev–Trinajstić information content (AvgIpc) is 2.71. The Morgan fingerprint density at radius 3 is 2.76 bits per heavy atom. The van der Waals surface area contributed by atoms with Gasteiger partial charge in [-0.2, -0.15) is 9.97 Å². The first-order chi connectivity index (χ1) is 10.0. The number of furan rings is 1. The van der Waals surface area contributed by atoms with E-state index in [1.54, 1.807) is 6.92 Å². The second-order valence-corrected chi connectivity index (χ2v) is 5.03. The van der Waals surface area contributed by atoms with Crippen molar-refractivity contribution in [2.45, 2.75) is 40.5 Å². The van der Waals surface area contributed by atoms with Crippen molar-refractivity contribution >= 4 is 17.0 Å². The Hall–Kier alpha value is -2.11. The predicted octanol–water partition coefficient (Wildman–Crippen LogP) is 2.44. The molecule has 114 valence electrons. The number of unbranched alkanes of at least 4 members (excludes halogenated alkanes) is 1. The lowest BCUT2D eigenvalue weighted by Crippen LogP contribution is -2.29. The van der Waals surface area contributed by atoms with E-state index in [9.17, 15) is 4.79 Å². The van der Waals surface area contributed by atoms with Crippen LogP contribution in [0.1, 0.15) is 36.9 Å². The summed E-state index contributed by atoms with van der Waals surface area (Å²) >= 11 is 0. The zero-order valence-corrected chi connectivity index (χ0v) is 12.9. The number of carbonyl (C=O) groups is 1. The van der Waals surface area contributed by atoms with E-state index in [4.69, 9.17) is 9.15 Å². The molecule has 0 aliphatic rings. The Morgan fingerprint density at radius 1 is 1.29 bits per heavy atom. The molecule has 1 amide bonds. The van der Waals surface area contributed by atoms with E-state index >= 15 is 0 Å². The maximum Gasteiger partial charge on any atom is 0.258 e. The van der Waals surface area contributed by atoms with Crippen molar-refractivity contribution in [1.82, 2.24) is 15.3 Å². The van der Waals surface area contributed by atoms with Crippen LogP contribution < -0.4 is 10.1 Å². The summed E-state index contributed by atoms with van der Waals surface area (Å²) in [6.07, 6.45) is 2.00. The lowest BCUT2D eigenvalue weighted by Gasteiger charge is -2.08. The Morgan fingerprint density at radius 2 is 2.05 bits per heavy atom. The van der Waals surface area contributed by atoms with Crippen molar-refractivity contribution in [3.8, 4) is 5.88 Å². The monoisotopic (exact) mass is 291 g/mol. The largest absolute Gasteiger partial charge is 0.467 e. The molecule has 0 saturated heterocycles. The summed E-state index contributed by atoms with van der Waals surface area (Å²) in [6, 6.07) is 0. The zero-order chi connectivity index (χ0) is 15.4. The first-order valence-corrected chi connectivity index (χ1v) is 7.16. The van der Waals surface area contributed by atoms with Crippen LogP contribution in [0.25, 0.3) is 11.1 Å². The number of ether oxygens (including phenoxy) is 1. The molecule has 0 aliphatic carbocycles. The minimum Gasteiger partial charge on any atom is -0.467 e. The van der Waals surface area contributed by atoms with Crippen molar-refractivity contribution in [2.24, 2.45) is 0 Å². The number of aromatic nitrogens is 2. The molecule has 6 heteroatoms. The molecule has 2 aromatic rings. The second kappa shape index (κ2) is 6.56. The van der Waals surface area contributed by atoms with E-state index in [0.717, 1.165) is 29.6 Å². The van der Waals surface area contributed by atoms with Crippen molar-refractivity contribution in [2.75, 3.05) is 13.2 Å². The molecule has 6 nitrogen and oxygen atoms in total. The molecule has 0 radical (unpaired) electrons. The molecular weight excluding hydrogens is 270 g/mol. The number of carbonyl (C=O) groups excluding carboxylic acids is 1. The quantitative estimate of drug-likeness (QED) is 0.827. The smallest absolute Gasteiger partial charge is 0.258 e. The van der Waals surface area contributed by atoms with Crippen LogP contribution in [0, 0.1) is 20.8 Å². The Labute approximate surface area is 123 Å². The fraction of sp³-hybridized carbons (Fsp3) is 0.533. The highest BCUT2D eigenvalue weighted by atomic mass is 16.5. The van der Waals surface area contributed by atoms with E-state index in [-0.39, 0.29) is 12.5 Å². The minimum absolute atomic E-state index is 0.0566. The molecule has 0 aliphatic heterocycles. The summed E-state index contributed by atoms with van der Waals surface area (Å²) in [6.45, 7) is 8.25. The Kier molecular flexibility index (Phi) is 4.77. The van der Waals surface area contributed by atoms with Crippen LogP contribution in [0.15, 0.2) is 4.42 Å². The van der Waals surface area contributed by atoms with E-state index < -0.39 is 0 Å². The van der Waals surface area contributed by atoms with Crippen LogP contribution in [0.5, 0.6) is 5.88 Å². The number of nitrogens with one attached hydrogen (secondary N) is 1. The lowest BCUT2D eigenvalue weighted by atomic mass is 10.2. The van der Waals surface area contributed by atoms with Gasteiger partial charge in [0, 0.05) is 12.1 Å². The van der Waals surface area contributed by atoms with Crippen LogP contribution in [0.2, 0.25) is 0 Å². The van der Waals surface area contributed by atoms with Gasteiger partial charge in [0.1, 0.15) is 17.0 Å². The van der Waals surface area contributed by atoms with E-state index in [1.807, 2.05) is 13.8 Å². The standard InChI is InChI=1S/C15H21N3O3/c1-5-6-7-16-12(19)8-20-14-13-9(2)10(3)21-15(13)18-11(4)17-14/h5-8H2,1-4H3,(H,16,19). The van der Waals surface area contributed by atoms with Crippen LogP contribution in [0.4, 0.5) is 0 Å². The lowest BCUT2D eigenvalue weighted by molar-refractivity contribution is -0.123. The molecule has 1 N–H and O–H groups in total. The molecule has 0 bridgehead atoms. The van der Waals surface area contributed by atoms with E-state index in [1.165, 1.54) is 0 Å². The third-order valence-corrected chi connectivity index (χ3v) is 3.30. The molecule has 0 fully saturated rings. The average molecular weight is 291 g/mol. The summed E-state index contributed by atoms with van der Waals surface area (Å²) in [5.41, 5.74) is 1.44. The van der Waals surface area contributed by atoms with Crippen LogP contribution >= 0.6 is 0 Å². The predicted molar refractivity (Wildman–Crippen MR) is 79.4 cm³/mol. The van der Waals surface area contributed by atoms with Crippen molar-refractivity contribution in [1.29, 1.82) is 0 Å². The molecule has 0 spiro atoms. The summed E-state index contributed by atoms with van der Waals surface area (Å²) in [7, 11) is 0. The zero-order valence-electron chi connectivity index (χ0n) is 12.9. The third-order valence-electron chi connectivity index (χ3n) is 3.30. The highest BCUT2D eigenvalue weighted by Gasteiger charge is 2.17. The highest BCUT2D eigenvalue weighted by molar-refractivity contribution is 5.84. The molecule has 2 rings (SSSR count). The van der Waals surface area contributed by atoms with Gasteiger partial charge in [-0.25, -0.2) is 0 Å². The first-order valence-electron chi connectivity index (χ1n) is 7.16. The molecule has 0 aromatic carbocycles. The van der Waals surface area contributed by atoms with Crippen LogP contribution in [-0.4, -0.2) is 29.0 Å². The van der Waals surface area contributed by atoms with Crippen molar-refractivity contribution in [3.63, 3.8) is 0 Å².